The fourth-order valence-corrected chi connectivity index (χ4v) is 4.19. The summed E-state index contributed by atoms with van der Waals surface area (Å²) in [7, 11) is 0. The molecule has 0 spiro atoms. The highest BCUT2D eigenvalue weighted by Crippen LogP contribution is 2.54. The molecule has 8 nitrogen and oxygen atoms in total. The molecule has 0 aromatic heterocycles. The van der Waals surface area contributed by atoms with Crippen LogP contribution in [0.5, 0.6) is 0 Å². The third-order valence-corrected chi connectivity index (χ3v) is 5.33. The summed E-state index contributed by atoms with van der Waals surface area (Å²) in [6.07, 6.45) is 0.983. The lowest BCUT2D eigenvalue weighted by atomic mass is 9.76. The van der Waals surface area contributed by atoms with Crippen molar-refractivity contribution >= 4 is 41.0 Å². The average molecular weight is 406 g/mol. The summed E-state index contributed by atoms with van der Waals surface area (Å²) in [5.41, 5.74) is -1.18. The molecule has 2 saturated heterocycles. The van der Waals surface area contributed by atoms with E-state index >= 15 is 0 Å². The number of ether oxygens (including phenoxy) is 3. The van der Waals surface area contributed by atoms with Gasteiger partial charge in [-0.1, -0.05) is 17.7 Å². The zero-order valence-corrected chi connectivity index (χ0v) is 15.7. The van der Waals surface area contributed by atoms with E-state index < -0.39 is 53.6 Å². The predicted octanol–water partition coefficient (Wildman–Crippen LogP) is 1.61. The maximum atomic E-state index is 13.2. The van der Waals surface area contributed by atoms with Crippen molar-refractivity contribution in [1.82, 2.24) is 0 Å². The van der Waals surface area contributed by atoms with Crippen molar-refractivity contribution in [3.8, 4) is 0 Å². The van der Waals surface area contributed by atoms with E-state index in [1.165, 1.54) is 6.08 Å². The Balaban J connectivity index is 1.74. The second-order valence-electron chi connectivity index (χ2n) is 6.84. The molecular weight excluding hydrogens is 390 g/mol. The van der Waals surface area contributed by atoms with E-state index in [4.69, 9.17) is 25.8 Å². The van der Waals surface area contributed by atoms with Crippen molar-refractivity contribution in [2.45, 2.75) is 31.8 Å². The molecule has 146 valence electrons. The molecule has 3 heterocycles. The number of anilines is 1. The summed E-state index contributed by atoms with van der Waals surface area (Å²) in [5, 5.41) is 0.467. The lowest BCUT2D eigenvalue weighted by Gasteiger charge is -2.34. The predicted molar refractivity (Wildman–Crippen MR) is 95.0 cm³/mol. The van der Waals surface area contributed by atoms with Crippen LogP contribution in [0, 0.1) is 11.8 Å². The molecule has 2 fully saturated rings. The Morgan fingerprint density at radius 2 is 1.71 bits per heavy atom. The number of esters is 2. The molecule has 0 aliphatic carbocycles. The molecule has 0 unspecified atom stereocenters. The van der Waals surface area contributed by atoms with Crippen LogP contribution in [0.1, 0.15) is 13.8 Å². The second-order valence-corrected chi connectivity index (χ2v) is 7.27. The van der Waals surface area contributed by atoms with Crippen LogP contribution in [0.15, 0.2) is 36.4 Å². The van der Waals surface area contributed by atoms with E-state index in [-0.39, 0.29) is 0 Å². The lowest BCUT2D eigenvalue weighted by Crippen LogP contribution is -2.52. The molecule has 1 aromatic carbocycles. The van der Waals surface area contributed by atoms with Gasteiger partial charge in [-0.05, 0) is 30.3 Å². The first kappa shape index (κ1) is 18.6. The van der Waals surface area contributed by atoms with E-state index in [1.54, 1.807) is 30.3 Å². The zero-order valence-electron chi connectivity index (χ0n) is 15.0. The number of imide groups is 1. The molecule has 4 atom stereocenters. The SMILES string of the molecule is CC(=O)OC(OC(C)=O)[C@]12C=C[C@@H](O1)[C@H]1C(=O)N(c3ccc(Cl)cc3)C(=O)[C@@H]12. The highest BCUT2D eigenvalue weighted by Gasteiger charge is 2.72. The third kappa shape index (κ3) is 2.63. The molecule has 1 aromatic rings. The first-order chi connectivity index (χ1) is 13.2. The van der Waals surface area contributed by atoms with Gasteiger partial charge in [0.1, 0.15) is 0 Å². The van der Waals surface area contributed by atoms with Gasteiger partial charge < -0.3 is 14.2 Å². The Labute approximate surface area is 165 Å². The summed E-state index contributed by atoms with van der Waals surface area (Å²) in [4.78, 5) is 50.4. The Kier molecular flexibility index (Phi) is 4.28. The van der Waals surface area contributed by atoms with Crippen LogP contribution in [0.4, 0.5) is 5.69 Å². The molecule has 0 N–H and O–H groups in total. The Morgan fingerprint density at radius 3 is 2.29 bits per heavy atom. The molecule has 2 amide bonds. The fourth-order valence-electron chi connectivity index (χ4n) is 4.06. The number of benzene rings is 1. The summed E-state index contributed by atoms with van der Waals surface area (Å²) in [5.74, 6) is -4.17. The molecule has 2 bridgehead atoms. The van der Waals surface area contributed by atoms with Crippen LogP contribution in [-0.2, 0) is 33.4 Å². The van der Waals surface area contributed by atoms with E-state index in [0.717, 1.165) is 18.7 Å². The summed E-state index contributed by atoms with van der Waals surface area (Å²) >= 11 is 5.89. The van der Waals surface area contributed by atoms with Crippen molar-refractivity contribution < 1.29 is 33.4 Å². The van der Waals surface area contributed by atoms with Gasteiger partial charge in [-0.2, -0.15) is 0 Å². The number of carbonyl (C=O) groups is 4. The van der Waals surface area contributed by atoms with Gasteiger partial charge in [-0.15, -0.1) is 0 Å². The molecular formula is C19H16ClNO7. The lowest BCUT2D eigenvalue weighted by molar-refractivity contribution is -0.226. The number of rotatable bonds is 4. The van der Waals surface area contributed by atoms with Gasteiger partial charge in [0, 0.05) is 18.9 Å². The number of amides is 2. The van der Waals surface area contributed by atoms with Crippen molar-refractivity contribution in [1.29, 1.82) is 0 Å². The van der Waals surface area contributed by atoms with Gasteiger partial charge in [0.2, 0.25) is 11.8 Å². The molecule has 28 heavy (non-hydrogen) atoms. The number of halogens is 1. The molecule has 9 heteroatoms. The Hall–Kier alpha value is -2.71. The summed E-state index contributed by atoms with van der Waals surface area (Å²) in [6.45, 7) is 2.30. The van der Waals surface area contributed by atoms with Gasteiger partial charge in [0.15, 0.2) is 5.60 Å². The number of hydrogen-bond donors (Lipinski definition) is 0. The standard InChI is InChI=1S/C19H16ClNO7/c1-9(22)26-18(27-10(2)23)19-8-7-13(28-19)14-15(19)17(25)21(16(14)24)12-5-3-11(20)4-6-12/h3-8,13-15,18H,1-2H3/t13-,14-,15-,19-/m1/s1. The van der Waals surface area contributed by atoms with Crippen molar-refractivity contribution in [3.63, 3.8) is 0 Å². The first-order valence-corrected chi connectivity index (χ1v) is 8.97. The van der Waals surface area contributed by atoms with Crippen LogP contribution in [0.3, 0.4) is 0 Å². The number of fused-ring (bicyclic) bond motifs is 5. The normalized spacial score (nSPS) is 30.1. The van der Waals surface area contributed by atoms with Gasteiger partial charge in [0.25, 0.3) is 6.29 Å². The zero-order chi connectivity index (χ0) is 20.2. The monoisotopic (exact) mass is 405 g/mol. The Morgan fingerprint density at radius 1 is 1.11 bits per heavy atom. The van der Waals surface area contributed by atoms with Gasteiger partial charge in [0.05, 0.1) is 23.6 Å². The molecule has 3 aliphatic heterocycles. The highest BCUT2D eigenvalue weighted by molar-refractivity contribution is 6.31. The topological polar surface area (TPSA) is 99.2 Å². The van der Waals surface area contributed by atoms with Gasteiger partial charge in [-0.25, -0.2) is 4.90 Å². The quantitative estimate of drug-likeness (QED) is 0.324. The minimum atomic E-state index is -1.55. The molecule has 0 radical (unpaired) electrons. The number of carbonyl (C=O) groups excluding carboxylic acids is 4. The van der Waals surface area contributed by atoms with Crippen molar-refractivity contribution in [3.05, 3.63) is 41.4 Å². The third-order valence-electron chi connectivity index (χ3n) is 5.08. The maximum absolute atomic E-state index is 13.2. The number of hydrogen-bond acceptors (Lipinski definition) is 7. The molecule has 4 rings (SSSR count). The van der Waals surface area contributed by atoms with Crippen molar-refractivity contribution in [2.75, 3.05) is 4.90 Å². The van der Waals surface area contributed by atoms with E-state index in [1.807, 2.05) is 0 Å². The van der Waals surface area contributed by atoms with Crippen molar-refractivity contribution in [2.24, 2.45) is 11.8 Å². The maximum Gasteiger partial charge on any atom is 0.305 e. The highest BCUT2D eigenvalue weighted by atomic mass is 35.5. The van der Waals surface area contributed by atoms with Crippen LogP contribution in [0.25, 0.3) is 0 Å². The van der Waals surface area contributed by atoms with Gasteiger partial charge >= 0.3 is 11.9 Å². The minimum absolute atomic E-state index is 0.375. The van der Waals surface area contributed by atoms with Gasteiger partial charge in [-0.3, -0.25) is 19.2 Å². The van der Waals surface area contributed by atoms with E-state index in [9.17, 15) is 19.2 Å². The fraction of sp³-hybridized carbons (Fsp3) is 0.368. The summed E-state index contributed by atoms with van der Waals surface area (Å²) in [6, 6.07) is 6.28. The average Bonchev–Trinajstić information content (AvgIpc) is 3.26. The second kappa shape index (κ2) is 6.42. The summed E-state index contributed by atoms with van der Waals surface area (Å²) < 4.78 is 16.2. The van der Waals surface area contributed by atoms with E-state index in [2.05, 4.69) is 0 Å². The van der Waals surface area contributed by atoms with Crippen LogP contribution < -0.4 is 4.90 Å². The van der Waals surface area contributed by atoms with E-state index in [0.29, 0.717) is 10.7 Å². The van der Waals surface area contributed by atoms with Crippen LogP contribution in [0.2, 0.25) is 5.02 Å². The van der Waals surface area contributed by atoms with Crippen LogP contribution >= 0.6 is 11.6 Å². The Bertz CT molecular complexity index is 895. The smallest absolute Gasteiger partial charge is 0.305 e. The first-order valence-electron chi connectivity index (χ1n) is 8.59. The minimum Gasteiger partial charge on any atom is -0.422 e. The number of nitrogens with zero attached hydrogens (tertiary/aromatic N) is 1. The molecule has 0 saturated carbocycles. The largest absolute Gasteiger partial charge is 0.422 e. The van der Waals surface area contributed by atoms with Crippen LogP contribution in [-0.4, -0.2) is 41.7 Å². The molecule has 3 aliphatic rings.